The van der Waals surface area contributed by atoms with Gasteiger partial charge in [0.2, 0.25) is 5.91 Å². The number of carbonyl (C=O) groups is 1. The standard InChI is InChI=1S/C10H12ClNO2/c1-7-3-2-4-8(6-13)10(7)12-9(14)5-11/h2-4,13H,5-6H2,1H3,(H,12,14). The second-order valence-electron chi connectivity index (χ2n) is 2.95. The summed E-state index contributed by atoms with van der Waals surface area (Å²) in [6.07, 6.45) is 0. The Morgan fingerprint density at radius 1 is 1.57 bits per heavy atom. The van der Waals surface area contributed by atoms with Crippen molar-refractivity contribution in [1.82, 2.24) is 0 Å². The van der Waals surface area contributed by atoms with Crippen LogP contribution in [-0.2, 0) is 11.4 Å². The van der Waals surface area contributed by atoms with Gasteiger partial charge in [-0.2, -0.15) is 0 Å². The molecule has 0 spiro atoms. The SMILES string of the molecule is Cc1cccc(CO)c1NC(=O)CCl. The molecule has 1 aromatic rings. The lowest BCUT2D eigenvalue weighted by molar-refractivity contribution is -0.113. The Morgan fingerprint density at radius 3 is 2.86 bits per heavy atom. The summed E-state index contributed by atoms with van der Waals surface area (Å²) in [5.41, 5.74) is 2.26. The number of amides is 1. The van der Waals surface area contributed by atoms with E-state index >= 15 is 0 Å². The number of hydrogen-bond donors (Lipinski definition) is 2. The van der Waals surface area contributed by atoms with Gasteiger partial charge in [0, 0.05) is 11.3 Å². The summed E-state index contributed by atoms with van der Waals surface area (Å²) in [7, 11) is 0. The lowest BCUT2D eigenvalue weighted by atomic mass is 10.1. The van der Waals surface area contributed by atoms with Crippen molar-refractivity contribution in [1.29, 1.82) is 0 Å². The van der Waals surface area contributed by atoms with Crippen LogP contribution >= 0.6 is 11.6 Å². The molecule has 0 aromatic heterocycles. The smallest absolute Gasteiger partial charge is 0.239 e. The summed E-state index contributed by atoms with van der Waals surface area (Å²) in [5, 5.41) is 11.7. The van der Waals surface area contributed by atoms with E-state index in [2.05, 4.69) is 5.32 Å². The molecule has 0 saturated heterocycles. The summed E-state index contributed by atoms with van der Waals surface area (Å²) < 4.78 is 0. The molecule has 0 aliphatic rings. The molecule has 4 heteroatoms. The Labute approximate surface area is 87.7 Å². The Bertz CT molecular complexity index is 339. The van der Waals surface area contributed by atoms with Crippen molar-refractivity contribution in [3.8, 4) is 0 Å². The van der Waals surface area contributed by atoms with Crippen molar-refractivity contribution >= 4 is 23.2 Å². The fourth-order valence-electron chi connectivity index (χ4n) is 1.21. The summed E-state index contributed by atoms with van der Waals surface area (Å²) in [6.45, 7) is 1.77. The number of aliphatic hydroxyl groups excluding tert-OH is 1. The third-order valence-corrected chi connectivity index (χ3v) is 2.16. The zero-order valence-corrected chi connectivity index (χ0v) is 8.64. The molecule has 3 nitrogen and oxygen atoms in total. The molecule has 1 rings (SSSR count). The van der Waals surface area contributed by atoms with Crippen LogP contribution in [0.4, 0.5) is 5.69 Å². The molecular formula is C10H12ClNO2. The van der Waals surface area contributed by atoms with Gasteiger partial charge in [-0.25, -0.2) is 0 Å². The van der Waals surface area contributed by atoms with E-state index in [1.54, 1.807) is 6.07 Å². The molecule has 1 amide bonds. The molecule has 0 unspecified atom stereocenters. The molecule has 0 aliphatic carbocycles. The Morgan fingerprint density at radius 2 is 2.29 bits per heavy atom. The van der Waals surface area contributed by atoms with E-state index in [-0.39, 0.29) is 18.4 Å². The predicted octanol–water partition coefficient (Wildman–Crippen LogP) is 1.66. The van der Waals surface area contributed by atoms with Crippen LogP contribution in [0, 0.1) is 6.92 Å². The van der Waals surface area contributed by atoms with Crippen LogP contribution < -0.4 is 5.32 Å². The van der Waals surface area contributed by atoms with E-state index in [0.717, 1.165) is 5.56 Å². The van der Waals surface area contributed by atoms with Crippen molar-refractivity contribution < 1.29 is 9.90 Å². The first-order chi connectivity index (χ1) is 6.69. The molecule has 2 N–H and O–H groups in total. The number of benzene rings is 1. The first-order valence-corrected chi connectivity index (χ1v) is 4.77. The number of halogens is 1. The van der Waals surface area contributed by atoms with Crippen LogP contribution in [0.25, 0.3) is 0 Å². The second-order valence-corrected chi connectivity index (χ2v) is 3.22. The van der Waals surface area contributed by atoms with Gasteiger partial charge in [0.25, 0.3) is 0 Å². The number of aliphatic hydroxyl groups is 1. The summed E-state index contributed by atoms with van der Waals surface area (Å²) >= 11 is 5.38. The van der Waals surface area contributed by atoms with Crippen LogP contribution in [0.5, 0.6) is 0 Å². The monoisotopic (exact) mass is 213 g/mol. The third-order valence-electron chi connectivity index (χ3n) is 1.92. The maximum atomic E-state index is 11.1. The average Bonchev–Trinajstić information content (AvgIpc) is 2.20. The van der Waals surface area contributed by atoms with Gasteiger partial charge in [-0.05, 0) is 12.5 Å². The Kier molecular flexibility index (Phi) is 3.92. The quantitative estimate of drug-likeness (QED) is 0.751. The molecule has 76 valence electrons. The first kappa shape index (κ1) is 11.0. The molecule has 14 heavy (non-hydrogen) atoms. The van der Waals surface area contributed by atoms with Crippen molar-refractivity contribution in [3.63, 3.8) is 0 Å². The van der Waals surface area contributed by atoms with Gasteiger partial charge in [-0.15, -0.1) is 11.6 Å². The van der Waals surface area contributed by atoms with E-state index in [1.165, 1.54) is 0 Å². The highest BCUT2D eigenvalue weighted by Crippen LogP contribution is 2.20. The minimum Gasteiger partial charge on any atom is -0.392 e. The van der Waals surface area contributed by atoms with Gasteiger partial charge in [-0.3, -0.25) is 4.79 Å². The van der Waals surface area contributed by atoms with Crippen molar-refractivity contribution in [3.05, 3.63) is 29.3 Å². The van der Waals surface area contributed by atoms with Gasteiger partial charge >= 0.3 is 0 Å². The third kappa shape index (κ3) is 2.47. The number of nitrogens with one attached hydrogen (secondary N) is 1. The highest BCUT2D eigenvalue weighted by Gasteiger charge is 2.07. The summed E-state index contributed by atoms with van der Waals surface area (Å²) in [5.74, 6) is -0.352. The fraction of sp³-hybridized carbons (Fsp3) is 0.300. The number of carbonyl (C=O) groups excluding carboxylic acids is 1. The zero-order valence-electron chi connectivity index (χ0n) is 7.88. The Hall–Kier alpha value is -1.06. The lowest BCUT2D eigenvalue weighted by Gasteiger charge is -2.11. The molecule has 0 aliphatic heterocycles. The van der Waals surface area contributed by atoms with Crippen molar-refractivity contribution in [2.45, 2.75) is 13.5 Å². The normalized spacial score (nSPS) is 9.93. The van der Waals surface area contributed by atoms with Gasteiger partial charge in [0.05, 0.1) is 6.61 Å². The molecule has 0 fully saturated rings. The Balaban J connectivity index is 2.98. The van der Waals surface area contributed by atoms with E-state index < -0.39 is 0 Å². The minimum absolute atomic E-state index is 0.0841. The molecule has 0 saturated carbocycles. The van der Waals surface area contributed by atoms with E-state index in [9.17, 15) is 4.79 Å². The summed E-state index contributed by atoms with van der Waals surface area (Å²) in [4.78, 5) is 11.1. The average molecular weight is 214 g/mol. The molecule has 0 heterocycles. The molecule has 0 bridgehead atoms. The molecule has 0 radical (unpaired) electrons. The van der Waals surface area contributed by atoms with Gasteiger partial charge in [0.1, 0.15) is 5.88 Å². The van der Waals surface area contributed by atoms with Crippen LogP contribution in [-0.4, -0.2) is 16.9 Å². The van der Waals surface area contributed by atoms with E-state index in [0.29, 0.717) is 11.3 Å². The number of para-hydroxylation sites is 1. The maximum Gasteiger partial charge on any atom is 0.239 e. The van der Waals surface area contributed by atoms with Crippen LogP contribution in [0.2, 0.25) is 0 Å². The zero-order chi connectivity index (χ0) is 10.6. The van der Waals surface area contributed by atoms with Gasteiger partial charge in [-0.1, -0.05) is 18.2 Å². The fourth-order valence-corrected chi connectivity index (χ4v) is 1.28. The maximum absolute atomic E-state index is 11.1. The highest BCUT2D eigenvalue weighted by atomic mass is 35.5. The summed E-state index contributed by atoms with van der Waals surface area (Å²) in [6, 6.07) is 5.46. The second kappa shape index (κ2) is 4.98. The topological polar surface area (TPSA) is 49.3 Å². The lowest BCUT2D eigenvalue weighted by Crippen LogP contribution is -2.15. The number of rotatable bonds is 3. The minimum atomic E-state index is -0.268. The number of alkyl halides is 1. The largest absolute Gasteiger partial charge is 0.392 e. The van der Waals surface area contributed by atoms with E-state index in [1.807, 2.05) is 19.1 Å². The first-order valence-electron chi connectivity index (χ1n) is 4.24. The van der Waals surface area contributed by atoms with Crippen molar-refractivity contribution in [2.75, 3.05) is 11.2 Å². The molecule has 1 aromatic carbocycles. The number of aryl methyl sites for hydroxylation is 1. The molecular weight excluding hydrogens is 202 g/mol. The van der Waals surface area contributed by atoms with Crippen molar-refractivity contribution in [2.24, 2.45) is 0 Å². The van der Waals surface area contributed by atoms with Crippen LogP contribution in [0.3, 0.4) is 0 Å². The molecule has 0 atom stereocenters. The van der Waals surface area contributed by atoms with E-state index in [4.69, 9.17) is 16.7 Å². The van der Waals surface area contributed by atoms with Gasteiger partial charge < -0.3 is 10.4 Å². The van der Waals surface area contributed by atoms with Crippen LogP contribution in [0.15, 0.2) is 18.2 Å². The van der Waals surface area contributed by atoms with Crippen LogP contribution in [0.1, 0.15) is 11.1 Å². The number of anilines is 1. The number of hydrogen-bond acceptors (Lipinski definition) is 2. The predicted molar refractivity (Wildman–Crippen MR) is 56.5 cm³/mol. The van der Waals surface area contributed by atoms with Gasteiger partial charge in [0.15, 0.2) is 0 Å². The highest BCUT2D eigenvalue weighted by molar-refractivity contribution is 6.29.